The maximum Gasteiger partial charge on any atom is 0.310 e. The molecule has 2 aromatic rings. The third-order valence-corrected chi connectivity index (χ3v) is 8.47. The molecule has 3 atom stereocenters. The summed E-state index contributed by atoms with van der Waals surface area (Å²) in [4.78, 5) is 30.7. The first-order chi connectivity index (χ1) is 19.8. The zero-order chi connectivity index (χ0) is 31.9. The normalized spacial score (nSPS) is 22.8. The molecule has 0 radical (unpaired) electrons. The predicted octanol–water partition coefficient (Wildman–Crippen LogP) is 6.34. The molecule has 1 aromatic carbocycles. The second-order valence-corrected chi connectivity index (χ2v) is 12.9. The molecule has 1 saturated carbocycles. The third kappa shape index (κ3) is 7.27. The topological polar surface area (TPSA) is 113 Å². The molecular formula is C26H24F8N6O2S. The molecule has 1 aliphatic heterocycles. The van der Waals surface area contributed by atoms with Crippen LogP contribution in [0.1, 0.15) is 43.7 Å². The zero-order valence-electron chi connectivity index (χ0n) is 22.1. The molecule has 2 heterocycles. The Morgan fingerprint density at radius 1 is 1.07 bits per heavy atom. The van der Waals surface area contributed by atoms with Gasteiger partial charge in [-0.1, -0.05) is 19.4 Å². The van der Waals surface area contributed by atoms with Crippen LogP contribution in [-0.4, -0.2) is 46.2 Å². The van der Waals surface area contributed by atoms with Gasteiger partial charge in [0.05, 0.1) is 18.2 Å². The summed E-state index contributed by atoms with van der Waals surface area (Å²) < 4.78 is 109. The molecule has 1 aliphatic carbocycles. The van der Waals surface area contributed by atoms with Gasteiger partial charge in [0.1, 0.15) is 22.8 Å². The van der Waals surface area contributed by atoms with E-state index in [0.717, 1.165) is 23.4 Å². The van der Waals surface area contributed by atoms with Crippen LogP contribution >= 0.6 is 10.2 Å². The zero-order valence-corrected chi connectivity index (χ0v) is 22.9. The predicted molar refractivity (Wildman–Crippen MR) is 137 cm³/mol. The van der Waals surface area contributed by atoms with Gasteiger partial charge in [-0.2, -0.15) is 10.5 Å². The lowest BCUT2D eigenvalue weighted by molar-refractivity contribution is -0.129. The van der Waals surface area contributed by atoms with Gasteiger partial charge in [0.15, 0.2) is 6.19 Å². The number of carbonyl (C=O) groups excluding carboxylic acids is 2. The van der Waals surface area contributed by atoms with Gasteiger partial charge in [-0.15, -0.1) is 0 Å². The van der Waals surface area contributed by atoms with Gasteiger partial charge in [0.2, 0.25) is 11.8 Å². The molecule has 3 unspecified atom stereocenters. The Balaban J connectivity index is 1.83. The number of hydrogen-bond acceptors (Lipinski definition) is 6. The van der Waals surface area contributed by atoms with Crippen molar-refractivity contribution in [2.45, 2.75) is 61.0 Å². The number of hydrogen-bond donors (Lipinski definition) is 1. The minimum absolute atomic E-state index is 0.0218. The van der Waals surface area contributed by atoms with Crippen LogP contribution in [0.3, 0.4) is 0 Å². The van der Waals surface area contributed by atoms with E-state index < -0.39 is 81.2 Å². The number of halogens is 8. The van der Waals surface area contributed by atoms with Crippen LogP contribution in [0.4, 0.5) is 38.3 Å². The van der Waals surface area contributed by atoms with E-state index in [1.54, 1.807) is 6.19 Å². The van der Waals surface area contributed by atoms with Gasteiger partial charge in [-0.3, -0.25) is 24.4 Å². The highest BCUT2D eigenvalue weighted by atomic mass is 32.5. The van der Waals surface area contributed by atoms with Gasteiger partial charge < -0.3 is 5.32 Å². The van der Waals surface area contributed by atoms with Crippen LogP contribution < -0.4 is 10.2 Å². The molecule has 232 valence electrons. The molecule has 1 N–H and O–H groups in total. The first kappa shape index (κ1) is 31.8. The van der Waals surface area contributed by atoms with Crippen molar-refractivity contribution in [3.63, 3.8) is 0 Å². The van der Waals surface area contributed by atoms with Gasteiger partial charge in [-0.25, -0.2) is 13.2 Å². The highest BCUT2D eigenvalue weighted by molar-refractivity contribution is 8.45. The SMILES string of the molecule is N#CC1CC(C(=O)N(c2ccc(S(F)(F)(F)(F)F)cc2)C(C(=O)NC2CCC(F)(F)CC2)c2cncc(F)c2)N(C#N)C1. The van der Waals surface area contributed by atoms with E-state index in [1.165, 1.54) is 0 Å². The maximum atomic E-state index is 14.3. The van der Waals surface area contributed by atoms with Crippen LogP contribution in [0.2, 0.25) is 0 Å². The van der Waals surface area contributed by atoms with Crippen LogP contribution in [0, 0.1) is 34.5 Å². The molecule has 1 aromatic heterocycles. The van der Waals surface area contributed by atoms with Crippen LogP contribution in [0.25, 0.3) is 0 Å². The van der Waals surface area contributed by atoms with Gasteiger partial charge in [0.25, 0.3) is 5.91 Å². The van der Waals surface area contributed by atoms with Crippen molar-refractivity contribution in [1.82, 2.24) is 15.2 Å². The number of nitrogens with one attached hydrogen (secondary N) is 1. The molecule has 4 rings (SSSR count). The molecule has 17 heteroatoms. The first-order valence-electron chi connectivity index (χ1n) is 12.8. The van der Waals surface area contributed by atoms with E-state index in [9.17, 15) is 52.7 Å². The second-order valence-electron chi connectivity index (χ2n) is 10.5. The lowest BCUT2D eigenvalue weighted by Gasteiger charge is -2.41. The molecule has 0 bridgehead atoms. The van der Waals surface area contributed by atoms with Crippen molar-refractivity contribution in [3.8, 4) is 12.3 Å². The Hall–Kier alpha value is -4.12. The monoisotopic (exact) mass is 636 g/mol. The van der Waals surface area contributed by atoms with Crippen LogP contribution in [0.15, 0.2) is 47.6 Å². The van der Waals surface area contributed by atoms with Crippen LogP contribution in [-0.2, 0) is 9.59 Å². The summed E-state index contributed by atoms with van der Waals surface area (Å²) in [6.07, 6.45) is 1.84. The number of alkyl halides is 2. The number of amides is 2. The first-order valence-corrected chi connectivity index (χ1v) is 14.8. The third-order valence-electron chi connectivity index (χ3n) is 7.31. The number of nitrogens with zero attached hydrogens (tertiary/aromatic N) is 5. The van der Waals surface area contributed by atoms with Crippen molar-refractivity contribution >= 4 is 27.7 Å². The summed E-state index contributed by atoms with van der Waals surface area (Å²) in [5.74, 6) is -6.89. The molecule has 0 spiro atoms. The van der Waals surface area contributed by atoms with Crippen LogP contribution in [0.5, 0.6) is 0 Å². The molecular weight excluding hydrogens is 612 g/mol. The Morgan fingerprint density at radius 2 is 1.70 bits per heavy atom. The average Bonchev–Trinajstić information content (AvgIpc) is 3.35. The van der Waals surface area contributed by atoms with Crippen molar-refractivity contribution in [2.75, 3.05) is 11.4 Å². The van der Waals surface area contributed by atoms with E-state index in [-0.39, 0.29) is 43.5 Å². The van der Waals surface area contributed by atoms with Crippen molar-refractivity contribution in [3.05, 3.63) is 54.1 Å². The summed E-state index contributed by atoms with van der Waals surface area (Å²) >= 11 is 0. The van der Waals surface area contributed by atoms with E-state index in [2.05, 4.69) is 10.3 Å². The maximum absolute atomic E-state index is 14.3. The van der Waals surface area contributed by atoms with Crippen molar-refractivity contribution in [2.24, 2.45) is 5.92 Å². The molecule has 2 fully saturated rings. The highest BCUT2D eigenvalue weighted by Crippen LogP contribution is 3.02. The molecule has 8 nitrogen and oxygen atoms in total. The number of nitriles is 2. The second kappa shape index (κ2) is 10.6. The largest absolute Gasteiger partial charge is 0.351 e. The van der Waals surface area contributed by atoms with E-state index in [4.69, 9.17) is 0 Å². The van der Waals surface area contributed by atoms with E-state index >= 15 is 0 Å². The van der Waals surface area contributed by atoms with Gasteiger partial charge in [-0.05, 0) is 49.6 Å². The lowest BCUT2D eigenvalue weighted by Crippen LogP contribution is -2.52. The van der Waals surface area contributed by atoms with E-state index in [0.29, 0.717) is 17.0 Å². The highest BCUT2D eigenvalue weighted by Gasteiger charge is 2.65. The average molecular weight is 637 g/mol. The quantitative estimate of drug-likeness (QED) is 0.280. The molecule has 1 saturated heterocycles. The smallest absolute Gasteiger partial charge is 0.310 e. The summed E-state index contributed by atoms with van der Waals surface area (Å²) in [7, 11) is -10.1. The Kier molecular flexibility index (Phi) is 7.80. The lowest BCUT2D eigenvalue weighted by atomic mass is 9.91. The molecule has 2 amide bonds. The number of carbonyl (C=O) groups is 2. The molecule has 2 aliphatic rings. The van der Waals surface area contributed by atoms with Crippen molar-refractivity contribution < 1.29 is 42.2 Å². The number of aromatic nitrogens is 1. The minimum Gasteiger partial charge on any atom is -0.351 e. The summed E-state index contributed by atoms with van der Waals surface area (Å²) in [5.41, 5.74) is -0.796. The van der Waals surface area contributed by atoms with Crippen molar-refractivity contribution in [1.29, 1.82) is 10.5 Å². The van der Waals surface area contributed by atoms with Gasteiger partial charge in [0, 0.05) is 42.9 Å². The fraction of sp³-hybridized carbons (Fsp3) is 0.423. The number of benzene rings is 1. The van der Waals surface area contributed by atoms with E-state index in [1.807, 2.05) is 6.07 Å². The fourth-order valence-corrected chi connectivity index (χ4v) is 5.81. The summed E-state index contributed by atoms with van der Waals surface area (Å²) in [5, 5.41) is 21.5. The Bertz CT molecular complexity index is 1480. The Labute approximate surface area is 240 Å². The fourth-order valence-electron chi connectivity index (χ4n) is 5.16. The molecule has 43 heavy (non-hydrogen) atoms. The summed E-state index contributed by atoms with van der Waals surface area (Å²) in [6, 6.07) is -0.314. The standard InChI is InChI=1S/C26H24F8N6O2S/c27-18-10-17(12-37-13-18)23(24(41)38-19-5-7-26(28,29)8-6-19)40(25(42)22-9-16(11-35)14-39(22)15-36)20-1-3-21(4-2-20)43(30,31,32,33)34/h1-4,10,12-13,16,19,22-23H,5-9,14H2,(H,38,41). The number of rotatable bonds is 7. The number of anilines is 1. The number of pyridine rings is 1. The summed E-state index contributed by atoms with van der Waals surface area (Å²) in [6.45, 7) is -0.185. The van der Waals surface area contributed by atoms with Gasteiger partial charge >= 0.3 is 10.2 Å². The minimum atomic E-state index is -10.1. The Morgan fingerprint density at radius 3 is 2.23 bits per heavy atom. The number of likely N-dealkylation sites (tertiary alicyclic amines) is 1.